The number of H-pyrrole nitrogens is 1. The second-order valence-electron chi connectivity index (χ2n) is 4.55. The molecular weight excluding hydrogens is 232 g/mol. The summed E-state index contributed by atoms with van der Waals surface area (Å²) in [5.41, 5.74) is 2.41. The molecule has 0 aliphatic rings. The quantitative estimate of drug-likeness (QED) is 0.802. The van der Waals surface area contributed by atoms with Gasteiger partial charge >= 0.3 is 5.97 Å². The van der Waals surface area contributed by atoms with Crippen molar-refractivity contribution in [2.75, 3.05) is 13.6 Å². The smallest absolute Gasteiger partial charge is 0.352 e. The lowest BCUT2D eigenvalue weighted by atomic mass is 10.1. The first-order chi connectivity index (χ1) is 8.25. The van der Waals surface area contributed by atoms with Crippen LogP contribution < -0.4 is 0 Å². The van der Waals surface area contributed by atoms with E-state index in [0.717, 1.165) is 5.57 Å². The zero-order valence-electron chi connectivity index (χ0n) is 11.1. The van der Waals surface area contributed by atoms with Crippen LogP contribution in [-0.2, 0) is 0 Å². The molecule has 1 rings (SSSR count). The van der Waals surface area contributed by atoms with E-state index >= 15 is 0 Å². The molecule has 1 amide bonds. The summed E-state index contributed by atoms with van der Waals surface area (Å²) in [6.45, 7) is 9.37. The van der Waals surface area contributed by atoms with Crippen molar-refractivity contribution in [3.05, 3.63) is 34.7 Å². The third kappa shape index (κ3) is 2.61. The number of aromatic amines is 1. The van der Waals surface area contributed by atoms with E-state index in [1.54, 1.807) is 20.9 Å². The lowest BCUT2D eigenvalue weighted by Gasteiger charge is -2.17. The van der Waals surface area contributed by atoms with Gasteiger partial charge in [0, 0.05) is 19.3 Å². The van der Waals surface area contributed by atoms with Crippen LogP contribution in [-0.4, -0.2) is 40.5 Å². The Balaban J connectivity index is 3.14. The minimum Gasteiger partial charge on any atom is -0.477 e. The molecule has 0 saturated carbocycles. The molecule has 0 spiro atoms. The number of carboxylic acids is 1. The molecular formula is C13H18N2O3. The van der Waals surface area contributed by atoms with Gasteiger partial charge in [-0.05, 0) is 26.3 Å². The van der Waals surface area contributed by atoms with E-state index in [1.807, 2.05) is 6.92 Å². The fourth-order valence-electron chi connectivity index (χ4n) is 1.95. The first-order valence-electron chi connectivity index (χ1n) is 5.58. The van der Waals surface area contributed by atoms with Crippen LogP contribution >= 0.6 is 0 Å². The Kier molecular flexibility index (Phi) is 3.96. The van der Waals surface area contributed by atoms with Crippen LogP contribution in [0.3, 0.4) is 0 Å². The Morgan fingerprint density at radius 1 is 1.39 bits per heavy atom. The van der Waals surface area contributed by atoms with Crippen LogP contribution in [0.15, 0.2) is 12.2 Å². The fourth-order valence-corrected chi connectivity index (χ4v) is 1.95. The van der Waals surface area contributed by atoms with E-state index in [4.69, 9.17) is 5.11 Å². The van der Waals surface area contributed by atoms with Crippen molar-refractivity contribution in [3.63, 3.8) is 0 Å². The van der Waals surface area contributed by atoms with E-state index in [2.05, 4.69) is 11.6 Å². The van der Waals surface area contributed by atoms with Crippen molar-refractivity contribution in [1.82, 2.24) is 9.88 Å². The second-order valence-corrected chi connectivity index (χ2v) is 4.55. The van der Waals surface area contributed by atoms with Gasteiger partial charge in [0.05, 0.1) is 5.56 Å². The number of nitrogens with zero attached hydrogens (tertiary/aromatic N) is 1. The molecule has 1 aromatic rings. The standard InChI is InChI=1S/C13H18N2O3/c1-7(2)6-15(5)12(16)10-8(3)11(13(17)18)14-9(10)4/h14H,1,6H2,2-5H3,(H,17,18). The number of carbonyl (C=O) groups is 2. The van der Waals surface area contributed by atoms with E-state index in [-0.39, 0.29) is 11.6 Å². The number of hydrogen-bond donors (Lipinski definition) is 2. The number of amides is 1. The number of aromatic carboxylic acids is 1. The summed E-state index contributed by atoms with van der Waals surface area (Å²) < 4.78 is 0. The van der Waals surface area contributed by atoms with Crippen LogP contribution in [0, 0.1) is 13.8 Å². The van der Waals surface area contributed by atoms with Gasteiger partial charge in [-0.3, -0.25) is 4.79 Å². The fraction of sp³-hybridized carbons (Fsp3) is 0.385. The van der Waals surface area contributed by atoms with Gasteiger partial charge < -0.3 is 15.0 Å². The normalized spacial score (nSPS) is 10.2. The number of nitrogens with one attached hydrogen (secondary N) is 1. The summed E-state index contributed by atoms with van der Waals surface area (Å²) in [6.07, 6.45) is 0. The average molecular weight is 250 g/mol. The highest BCUT2D eigenvalue weighted by molar-refractivity contribution is 6.00. The van der Waals surface area contributed by atoms with Gasteiger partial charge in [0.1, 0.15) is 5.69 Å². The maximum absolute atomic E-state index is 12.2. The Labute approximate surface area is 106 Å². The van der Waals surface area contributed by atoms with Crippen LogP contribution in [0.4, 0.5) is 0 Å². The Morgan fingerprint density at radius 2 is 1.94 bits per heavy atom. The van der Waals surface area contributed by atoms with Crippen LogP contribution in [0.2, 0.25) is 0 Å². The highest BCUT2D eigenvalue weighted by atomic mass is 16.4. The molecule has 0 atom stereocenters. The first-order valence-corrected chi connectivity index (χ1v) is 5.58. The molecule has 0 saturated heterocycles. The van der Waals surface area contributed by atoms with E-state index in [1.165, 1.54) is 4.90 Å². The minimum absolute atomic E-state index is 0.0691. The molecule has 0 fully saturated rings. The predicted molar refractivity (Wildman–Crippen MR) is 69.0 cm³/mol. The molecule has 1 heterocycles. The van der Waals surface area contributed by atoms with Gasteiger partial charge in [-0.2, -0.15) is 0 Å². The number of carboxylic acid groups (broad SMARTS) is 1. The van der Waals surface area contributed by atoms with E-state index in [0.29, 0.717) is 23.4 Å². The van der Waals surface area contributed by atoms with Gasteiger partial charge in [-0.15, -0.1) is 0 Å². The third-order valence-corrected chi connectivity index (χ3v) is 2.72. The first kappa shape index (κ1) is 14.0. The summed E-state index contributed by atoms with van der Waals surface area (Å²) in [4.78, 5) is 27.5. The number of carbonyl (C=O) groups excluding carboxylic acids is 1. The third-order valence-electron chi connectivity index (χ3n) is 2.72. The maximum Gasteiger partial charge on any atom is 0.352 e. The van der Waals surface area contributed by atoms with Crippen LogP contribution in [0.25, 0.3) is 0 Å². The number of rotatable bonds is 4. The predicted octanol–water partition coefficient (Wildman–Crippen LogP) is 1.98. The molecule has 0 unspecified atom stereocenters. The highest BCUT2D eigenvalue weighted by Crippen LogP contribution is 2.19. The maximum atomic E-state index is 12.2. The molecule has 98 valence electrons. The van der Waals surface area contributed by atoms with E-state index < -0.39 is 5.97 Å². The summed E-state index contributed by atoms with van der Waals surface area (Å²) in [6, 6.07) is 0. The molecule has 1 aromatic heterocycles. The van der Waals surface area contributed by atoms with Crippen LogP contribution in [0.1, 0.15) is 39.0 Å². The van der Waals surface area contributed by atoms with Crippen molar-refractivity contribution >= 4 is 11.9 Å². The average Bonchev–Trinajstić information content (AvgIpc) is 2.52. The van der Waals surface area contributed by atoms with Crippen molar-refractivity contribution in [1.29, 1.82) is 0 Å². The van der Waals surface area contributed by atoms with Crippen molar-refractivity contribution < 1.29 is 14.7 Å². The molecule has 0 bridgehead atoms. The Bertz CT molecular complexity index is 515. The number of aryl methyl sites for hydroxylation is 1. The second kappa shape index (κ2) is 5.08. The SMILES string of the molecule is C=C(C)CN(C)C(=O)c1c(C)[nH]c(C(=O)O)c1C. The van der Waals surface area contributed by atoms with Gasteiger partial charge in [0.2, 0.25) is 0 Å². The number of hydrogen-bond acceptors (Lipinski definition) is 2. The van der Waals surface area contributed by atoms with Crippen LogP contribution in [0.5, 0.6) is 0 Å². The molecule has 0 aliphatic carbocycles. The zero-order valence-corrected chi connectivity index (χ0v) is 11.1. The summed E-state index contributed by atoms with van der Waals surface area (Å²) >= 11 is 0. The van der Waals surface area contributed by atoms with Gasteiger partial charge in [-0.1, -0.05) is 12.2 Å². The molecule has 5 nitrogen and oxygen atoms in total. The Hall–Kier alpha value is -2.04. The van der Waals surface area contributed by atoms with Crippen molar-refractivity contribution in [2.45, 2.75) is 20.8 Å². The summed E-state index contributed by atoms with van der Waals surface area (Å²) in [5.74, 6) is -1.26. The largest absolute Gasteiger partial charge is 0.477 e. The molecule has 0 aromatic carbocycles. The summed E-state index contributed by atoms with van der Waals surface area (Å²) in [7, 11) is 1.67. The Morgan fingerprint density at radius 3 is 2.33 bits per heavy atom. The number of likely N-dealkylation sites (N-methyl/N-ethyl adjacent to an activating group) is 1. The van der Waals surface area contributed by atoms with Crippen molar-refractivity contribution in [3.8, 4) is 0 Å². The van der Waals surface area contributed by atoms with Gasteiger partial charge in [-0.25, -0.2) is 4.79 Å². The molecule has 0 aliphatic heterocycles. The van der Waals surface area contributed by atoms with E-state index in [9.17, 15) is 9.59 Å². The lowest BCUT2D eigenvalue weighted by Crippen LogP contribution is -2.29. The monoisotopic (exact) mass is 250 g/mol. The van der Waals surface area contributed by atoms with Crippen molar-refractivity contribution in [2.24, 2.45) is 0 Å². The topological polar surface area (TPSA) is 73.4 Å². The molecule has 5 heteroatoms. The molecule has 0 radical (unpaired) electrons. The lowest BCUT2D eigenvalue weighted by molar-refractivity contribution is 0.0690. The molecule has 18 heavy (non-hydrogen) atoms. The molecule has 2 N–H and O–H groups in total. The zero-order chi connectivity index (χ0) is 14.0. The number of aromatic nitrogens is 1. The summed E-state index contributed by atoms with van der Waals surface area (Å²) in [5, 5.41) is 9.00. The minimum atomic E-state index is -1.06. The highest BCUT2D eigenvalue weighted by Gasteiger charge is 2.23. The van der Waals surface area contributed by atoms with Gasteiger partial charge in [0.15, 0.2) is 0 Å². The van der Waals surface area contributed by atoms with Gasteiger partial charge in [0.25, 0.3) is 5.91 Å².